The molecule has 2 heterocycles. The lowest BCUT2D eigenvalue weighted by Crippen LogP contribution is -2.31. The zero-order chi connectivity index (χ0) is 25.1. The predicted octanol–water partition coefficient (Wildman–Crippen LogP) is 4.33. The maximum Gasteiger partial charge on any atom is 0.255 e. The first-order chi connectivity index (χ1) is 17.5. The van der Waals surface area contributed by atoms with Crippen LogP contribution >= 0.6 is 0 Å². The molecule has 1 atom stereocenters. The molecule has 9 nitrogen and oxygen atoms in total. The van der Waals surface area contributed by atoms with Crippen LogP contribution in [0, 0.1) is 5.82 Å². The molecular weight excluding hydrogens is 463 g/mol. The summed E-state index contributed by atoms with van der Waals surface area (Å²) in [6.45, 7) is 1.84. The molecule has 4 aromatic rings. The zero-order valence-electron chi connectivity index (χ0n) is 19.6. The van der Waals surface area contributed by atoms with Gasteiger partial charge in [0.15, 0.2) is 11.5 Å². The number of halogens is 1. The number of nitrogens with zero attached hydrogens (tertiary/aromatic N) is 4. The largest absolute Gasteiger partial charge is 0.493 e. The number of para-hydroxylation sites is 1. The molecule has 10 heteroatoms. The molecule has 1 aliphatic heterocycles. The maximum absolute atomic E-state index is 14.0. The minimum absolute atomic E-state index is 0.0383. The van der Waals surface area contributed by atoms with Crippen molar-refractivity contribution in [3.05, 3.63) is 101 Å². The molecule has 1 aliphatic rings. The molecule has 1 amide bonds. The third-order valence-corrected chi connectivity index (χ3v) is 5.83. The summed E-state index contributed by atoms with van der Waals surface area (Å²) < 4.78 is 27.0. The van der Waals surface area contributed by atoms with E-state index in [-0.39, 0.29) is 18.3 Å². The number of allylic oxidation sites excluding steroid dienone is 1. The van der Waals surface area contributed by atoms with Crippen molar-refractivity contribution in [1.82, 2.24) is 20.2 Å². The van der Waals surface area contributed by atoms with Crippen LogP contribution in [-0.2, 0) is 11.4 Å². The van der Waals surface area contributed by atoms with Gasteiger partial charge in [-0.3, -0.25) is 4.79 Å². The number of aromatic nitrogens is 4. The van der Waals surface area contributed by atoms with Crippen LogP contribution in [0.25, 0.3) is 0 Å². The van der Waals surface area contributed by atoms with E-state index in [9.17, 15) is 9.18 Å². The van der Waals surface area contributed by atoms with Crippen LogP contribution in [0.15, 0.2) is 84.1 Å². The third-order valence-electron chi connectivity index (χ3n) is 5.83. The zero-order valence-corrected chi connectivity index (χ0v) is 19.6. The van der Waals surface area contributed by atoms with Crippen LogP contribution < -0.4 is 20.1 Å². The van der Waals surface area contributed by atoms with E-state index in [0.717, 1.165) is 0 Å². The molecule has 0 bridgehead atoms. The number of nitrogens with one attached hydrogen (secondary N) is 2. The lowest BCUT2D eigenvalue weighted by atomic mass is 9.94. The number of ether oxygens (including phenoxy) is 2. The van der Waals surface area contributed by atoms with Crippen LogP contribution in [0.5, 0.6) is 11.5 Å². The number of benzene rings is 3. The van der Waals surface area contributed by atoms with Crippen molar-refractivity contribution in [2.75, 3.05) is 17.7 Å². The first-order valence-electron chi connectivity index (χ1n) is 11.2. The van der Waals surface area contributed by atoms with E-state index in [1.54, 1.807) is 41.9 Å². The van der Waals surface area contributed by atoms with Gasteiger partial charge in [0.2, 0.25) is 5.95 Å². The van der Waals surface area contributed by atoms with E-state index in [1.165, 1.54) is 13.2 Å². The van der Waals surface area contributed by atoms with Gasteiger partial charge in [-0.1, -0.05) is 47.6 Å². The van der Waals surface area contributed by atoms with Crippen molar-refractivity contribution in [1.29, 1.82) is 0 Å². The van der Waals surface area contributed by atoms with E-state index in [1.807, 2.05) is 36.4 Å². The number of carbonyl (C=O) groups excluding carboxylic acids is 1. The number of methoxy groups -OCH3 is 1. The van der Waals surface area contributed by atoms with Gasteiger partial charge in [-0.2, -0.15) is 4.68 Å². The molecule has 1 aromatic heterocycles. The topological polar surface area (TPSA) is 103 Å². The maximum atomic E-state index is 14.0. The number of anilines is 2. The van der Waals surface area contributed by atoms with Crippen molar-refractivity contribution < 1.29 is 18.7 Å². The van der Waals surface area contributed by atoms with Gasteiger partial charge in [-0.15, -0.1) is 0 Å². The van der Waals surface area contributed by atoms with E-state index in [0.29, 0.717) is 45.5 Å². The van der Waals surface area contributed by atoms with Gasteiger partial charge < -0.3 is 20.1 Å². The summed E-state index contributed by atoms with van der Waals surface area (Å²) in [5.41, 5.74) is 2.87. The lowest BCUT2D eigenvalue weighted by molar-refractivity contribution is -0.113. The molecule has 0 saturated heterocycles. The molecule has 1 unspecified atom stereocenters. The lowest BCUT2D eigenvalue weighted by Gasteiger charge is -2.28. The quantitative estimate of drug-likeness (QED) is 0.401. The third kappa shape index (κ3) is 4.48. The number of amides is 1. The Morgan fingerprint density at radius 1 is 1.08 bits per heavy atom. The van der Waals surface area contributed by atoms with Crippen LogP contribution in [-0.4, -0.2) is 33.2 Å². The molecular formula is C26H23FN6O3. The van der Waals surface area contributed by atoms with Gasteiger partial charge in [0, 0.05) is 16.9 Å². The number of tetrazole rings is 1. The highest BCUT2D eigenvalue weighted by molar-refractivity contribution is 6.06. The first-order valence-corrected chi connectivity index (χ1v) is 11.2. The molecule has 0 radical (unpaired) electrons. The fourth-order valence-electron chi connectivity index (χ4n) is 4.08. The van der Waals surface area contributed by atoms with Crippen molar-refractivity contribution >= 4 is 17.5 Å². The second-order valence-corrected chi connectivity index (χ2v) is 8.12. The van der Waals surface area contributed by atoms with Gasteiger partial charge in [-0.05, 0) is 53.2 Å². The molecule has 2 N–H and O–H groups in total. The molecule has 3 aromatic carbocycles. The summed E-state index contributed by atoms with van der Waals surface area (Å²) in [6, 6.07) is 20.3. The summed E-state index contributed by atoms with van der Waals surface area (Å²) in [5.74, 6) is 0.635. The Labute approximate surface area is 206 Å². The SMILES string of the molecule is COc1cc(C2C(C(=O)Nc3ccccc3)=C(C)Nc3nnnn32)ccc1OCc1ccccc1F. The van der Waals surface area contributed by atoms with Gasteiger partial charge in [0.25, 0.3) is 5.91 Å². The summed E-state index contributed by atoms with van der Waals surface area (Å²) in [7, 11) is 1.52. The van der Waals surface area contributed by atoms with Crippen molar-refractivity contribution in [2.45, 2.75) is 19.6 Å². The highest BCUT2D eigenvalue weighted by Gasteiger charge is 2.34. The van der Waals surface area contributed by atoms with Gasteiger partial charge in [0.1, 0.15) is 18.5 Å². The van der Waals surface area contributed by atoms with Crippen LogP contribution in [0.1, 0.15) is 24.1 Å². The Balaban J connectivity index is 1.48. The number of fused-ring (bicyclic) bond motifs is 1. The average molecular weight is 487 g/mol. The Hall–Kier alpha value is -4.73. The predicted molar refractivity (Wildman–Crippen MR) is 131 cm³/mol. The van der Waals surface area contributed by atoms with E-state index >= 15 is 0 Å². The average Bonchev–Trinajstić information content (AvgIpc) is 3.36. The fraction of sp³-hybridized carbons (Fsp3) is 0.154. The number of hydrogen-bond donors (Lipinski definition) is 2. The van der Waals surface area contributed by atoms with Crippen molar-refractivity contribution in [2.24, 2.45) is 0 Å². The van der Waals surface area contributed by atoms with Crippen molar-refractivity contribution in [3.63, 3.8) is 0 Å². The Kier molecular flexibility index (Phi) is 6.31. The molecule has 36 heavy (non-hydrogen) atoms. The summed E-state index contributed by atoms with van der Waals surface area (Å²) in [6.07, 6.45) is 0. The molecule has 0 saturated carbocycles. The minimum atomic E-state index is -0.630. The van der Waals surface area contributed by atoms with Crippen LogP contribution in [0.3, 0.4) is 0 Å². The fourth-order valence-corrected chi connectivity index (χ4v) is 4.08. The molecule has 0 spiro atoms. The van der Waals surface area contributed by atoms with Gasteiger partial charge >= 0.3 is 0 Å². The van der Waals surface area contributed by atoms with E-state index in [4.69, 9.17) is 9.47 Å². The highest BCUT2D eigenvalue weighted by atomic mass is 19.1. The summed E-state index contributed by atoms with van der Waals surface area (Å²) in [4.78, 5) is 13.4. The smallest absolute Gasteiger partial charge is 0.255 e. The second kappa shape index (κ2) is 9.87. The second-order valence-electron chi connectivity index (χ2n) is 8.12. The van der Waals surface area contributed by atoms with Crippen LogP contribution in [0.2, 0.25) is 0 Å². The van der Waals surface area contributed by atoms with E-state index < -0.39 is 6.04 Å². The van der Waals surface area contributed by atoms with Crippen molar-refractivity contribution in [3.8, 4) is 11.5 Å². The monoisotopic (exact) mass is 486 g/mol. The standard InChI is InChI=1S/C26H23FN6O3/c1-16-23(25(34)29-19-9-4-3-5-10-19)24(33-26(28-16)30-31-32-33)17-12-13-21(22(14-17)35-2)36-15-18-8-6-7-11-20(18)27/h3-14,24H,15H2,1-2H3,(H,29,34)(H,28,30,32). The number of hydrogen-bond acceptors (Lipinski definition) is 7. The Bertz CT molecular complexity index is 1440. The summed E-state index contributed by atoms with van der Waals surface area (Å²) in [5, 5.41) is 17.9. The number of carbonyl (C=O) groups is 1. The number of rotatable bonds is 7. The summed E-state index contributed by atoms with van der Waals surface area (Å²) >= 11 is 0. The van der Waals surface area contributed by atoms with Gasteiger partial charge in [0.05, 0.1) is 12.7 Å². The molecule has 0 fully saturated rings. The van der Waals surface area contributed by atoms with E-state index in [2.05, 4.69) is 26.2 Å². The normalized spacial score (nSPS) is 14.6. The van der Waals surface area contributed by atoms with Crippen LogP contribution in [0.4, 0.5) is 16.0 Å². The minimum Gasteiger partial charge on any atom is -0.493 e. The highest BCUT2D eigenvalue weighted by Crippen LogP contribution is 2.38. The Morgan fingerprint density at radius 3 is 2.64 bits per heavy atom. The first kappa shape index (κ1) is 23.0. The van der Waals surface area contributed by atoms with Gasteiger partial charge in [-0.25, -0.2) is 4.39 Å². The molecule has 182 valence electrons. The Morgan fingerprint density at radius 2 is 1.86 bits per heavy atom. The molecule has 0 aliphatic carbocycles. The molecule has 5 rings (SSSR count).